The van der Waals surface area contributed by atoms with E-state index in [2.05, 4.69) is 0 Å². The Morgan fingerprint density at radius 1 is 1.38 bits per heavy atom. The summed E-state index contributed by atoms with van der Waals surface area (Å²) in [5.74, 6) is 0.637. The number of rotatable bonds is 2. The summed E-state index contributed by atoms with van der Waals surface area (Å²) in [6.45, 7) is 1.22. The Hall–Kier alpha value is -1.09. The van der Waals surface area contributed by atoms with Crippen LogP contribution in [0.5, 0.6) is 5.75 Å². The zero-order valence-electron chi connectivity index (χ0n) is 9.26. The molecule has 0 radical (unpaired) electrons. The van der Waals surface area contributed by atoms with Crippen molar-refractivity contribution >= 4 is 0 Å². The number of halogens is 1. The van der Waals surface area contributed by atoms with E-state index in [0.717, 1.165) is 42.6 Å². The number of hydrogen-bond donors (Lipinski definition) is 1. The van der Waals surface area contributed by atoms with Crippen molar-refractivity contribution in [3.8, 4) is 5.75 Å². The molecule has 0 amide bonds. The minimum absolute atomic E-state index is 0.132. The second-order valence-corrected chi connectivity index (χ2v) is 4.85. The average molecular weight is 221 g/mol. The maximum absolute atomic E-state index is 14.0. The molecule has 2 nitrogen and oxygen atoms in total. The predicted molar refractivity (Wildman–Crippen MR) is 60.2 cm³/mol. The smallest absolute Gasteiger partial charge is 0.130 e. The molecule has 1 aromatic rings. The van der Waals surface area contributed by atoms with E-state index >= 15 is 0 Å². The topological polar surface area (TPSA) is 35.2 Å². The van der Waals surface area contributed by atoms with Crippen molar-refractivity contribution in [2.45, 2.75) is 31.1 Å². The lowest BCUT2D eigenvalue weighted by atomic mass is 9.90. The molecule has 1 fully saturated rings. The molecule has 16 heavy (non-hydrogen) atoms. The molecule has 1 aromatic carbocycles. The van der Waals surface area contributed by atoms with E-state index in [-0.39, 0.29) is 11.2 Å². The van der Waals surface area contributed by atoms with Crippen LogP contribution in [0.4, 0.5) is 4.39 Å². The minimum atomic E-state index is -0.149. The highest BCUT2D eigenvalue weighted by Crippen LogP contribution is 2.52. The fourth-order valence-corrected chi connectivity index (χ4v) is 2.60. The fourth-order valence-electron chi connectivity index (χ4n) is 2.60. The number of fused-ring (bicyclic) bond motifs is 1. The zero-order chi connectivity index (χ0) is 11.2. The normalized spacial score (nSPS) is 21.1. The van der Waals surface area contributed by atoms with Crippen LogP contribution in [-0.2, 0) is 11.8 Å². The number of ether oxygens (including phenoxy) is 1. The second-order valence-electron chi connectivity index (χ2n) is 4.85. The van der Waals surface area contributed by atoms with Crippen LogP contribution in [0.25, 0.3) is 0 Å². The monoisotopic (exact) mass is 221 g/mol. The van der Waals surface area contributed by atoms with Crippen molar-refractivity contribution in [2.75, 3.05) is 13.2 Å². The van der Waals surface area contributed by atoms with E-state index in [0.29, 0.717) is 13.2 Å². The average Bonchev–Trinajstić information content (AvgIpc) is 3.10. The zero-order valence-corrected chi connectivity index (χ0v) is 9.26. The summed E-state index contributed by atoms with van der Waals surface area (Å²) in [5, 5.41) is 0. The van der Waals surface area contributed by atoms with E-state index < -0.39 is 0 Å². The lowest BCUT2D eigenvalue weighted by molar-refractivity contribution is 0.280. The van der Waals surface area contributed by atoms with E-state index in [1.54, 1.807) is 6.07 Å². The summed E-state index contributed by atoms with van der Waals surface area (Å²) >= 11 is 0. The standard InChI is InChI=1S/C13H16FNO/c14-10-4-3-9-2-1-7-16-12(9)11(10)13(8-15)5-6-13/h3-4H,1-2,5-8,15H2. The molecule has 0 atom stereocenters. The molecule has 0 bridgehead atoms. The van der Waals surface area contributed by atoms with E-state index in [1.165, 1.54) is 0 Å². The highest BCUT2D eigenvalue weighted by atomic mass is 19.1. The van der Waals surface area contributed by atoms with Crippen LogP contribution in [0, 0.1) is 5.82 Å². The molecule has 0 aromatic heterocycles. The molecule has 2 N–H and O–H groups in total. The summed E-state index contributed by atoms with van der Waals surface area (Å²) in [4.78, 5) is 0. The van der Waals surface area contributed by atoms with Gasteiger partial charge >= 0.3 is 0 Å². The van der Waals surface area contributed by atoms with Crippen molar-refractivity contribution < 1.29 is 9.13 Å². The fraction of sp³-hybridized carbons (Fsp3) is 0.538. The predicted octanol–water partition coefficient (Wildman–Crippen LogP) is 2.14. The van der Waals surface area contributed by atoms with Gasteiger partial charge in [-0.25, -0.2) is 4.39 Å². The van der Waals surface area contributed by atoms with Crippen molar-refractivity contribution in [3.63, 3.8) is 0 Å². The van der Waals surface area contributed by atoms with Crippen LogP contribution in [0.1, 0.15) is 30.4 Å². The van der Waals surface area contributed by atoms with Gasteiger partial charge in [-0.3, -0.25) is 0 Å². The molecule has 3 rings (SSSR count). The molecule has 86 valence electrons. The van der Waals surface area contributed by atoms with Gasteiger partial charge < -0.3 is 10.5 Å². The molecule has 2 aliphatic rings. The van der Waals surface area contributed by atoms with E-state index in [4.69, 9.17) is 10.5 Å². The molecule has 0 saturated heterocycles. The maximum Gasteiger partial charge on any atom is 0.130 e. The maximum atomic E-state index is 14.0. The summed E-state index contributed by atoms with van der Waals surface area (Å²) < 4.78 is 19.6. The van der Waals surface area contributed by atoms with Crippen molar-refractivity contribution in [2.24, 2.45) is 5.73 Å². The highest BCUT2D eigenvalue weighted by Gasteiger charge is 2.47. The summed E-state index contributed by atoms with van der Waals surface area (Å²) in [5.41, 5.74) is 7.53. The van der Waals surface area contributed by atoms with Crippen LogP contribution in [-0.4, -0.2) is 13.2 Å². The quantitative estimate of drug-likeness (QED) is 0.830. The highest BCUT2D eigenvalue weighted by molar-refractivity contribution is 5.50. The summed E-state index contributed by atoms with van der Waals surface area (Å²) in [6.07, 6.45) is 3.98. The van der Waals surface area contributed by atoms with Crippen LogP contribution < -0.4 is 10.5 Å². The first kappa shape index (κ1) is 10.1. The van der Waals surface area contributed by atoms with Gasteiger partial charge in [-0.05, 0) is 37.3 Å². The van der Waals surface area contributed by atoms with Gasteiger partial charge in [0.2, 0.25) is 0 Å². The third kappa shape index (κ3) is 1.34. The van der Waals surface area contributed by atoms with Crippen molar-refractivity contribution in [3.05, 3.63) is 29.1 Å². The molecular weight excluding hydrogens is 205 g/mol. The Morgan fingerprint density at radius 2 is 2.19 bits per heavy atom. The number of aryl methyl sites for hydroxylation is 1. The molecule has 1 saturated carbocycles. The first-order valence-electron chi connectivity index (χ1n) is 5.91. The first-order valence-corrected chi connectivity index (χ1v) is 5.91. The van der Waals surface area contributed by atoms with Crippen LogP contribution in [0.3, 0.4) is 0 Å². The Labute approximate surface area is 94.6 Å². The number of hydrogen-bond acceptors (Lipinski definition) is 2. The third-order valence-electron chi connectivity index (χ3n) is 3.80. The Morgan fingerprint density at radius 3 is 2.88 bits per heavy atom. The molecule has 0 unspecified atom stereocenters. The van der Waals surface area contributed by atoms with Crippen LogP contribution in [0.15, 0.2) is 12.1 Å². The summed E-state index contributed by atoms with van der Waals surface area (Å²) in [6, 6.07) is 3.42. The van der Waals surface area contributed by atoms with E-state index in [1.807, 2.05) is 6.07 Å². The molecule has 0 spiro atoms. The Kier molecular flexibility index (Phi) is 2.18. The molecular formula is C13H16FNO. The van der Waals surface area contributed by atoms with Crippen LogP contribution >= 0.6 is 0 Å². The van der Waals surface area contributed by atoms with Gasteiger partial charge in [0.15, 0.2) is 0 Å². The third-order valence-corrected chi connectivity index (χ3v) is 3.80. The van der Waals surface area contributed by atoms with Gasteiger partial charge in [-0.2, -0.15) is 0 Å². The van der Waals surface area contributed by atoms with Gasteiger partial charge in [-0.1, -0.05) is 6.07 Å². The largest absolute Gasteiger partial charge is 0.493 e. The SMILES string of the molecule is NCC1(c2c(F)ccc3c2OCCC3)CC1. The van der Waals surface area contributed by atoms with Gasteiger partial charge in [0.05, 0.1) is 6.61 Å². The first-order chi connectivity index (χ1) is 7.77. The van der Waals surface area contributed by atoms with Gasteiger partial charge in [0.1, 0.15) is 11.6 Å². The second kappa shape index (κ2) is 3.45. The summed E-state index contributed by atoms with van der Waals surface area (Å²) in [7, 11) is 0. The van der Waals surface area contributed by atoms with Crippen molar-refractivity contribution in [1.29, 1.82) is 0 Å². The number of nitrogens with two attached hydrogens (primary N) is 1. The minimum Gasteiger partial charge on any atom is -0.493 e. The number of benzene rings is 1. The van der Waals surface area contributed by atoms with Crippen molar-refractivity contribution in [1.82, 2.24) is 0 Å². The lowest BCUT2D eigenvalue weighted by Crippen LogP contribution is -2.24. The Bertz CT molecular complexity index is 426. The van der Waals surface area contributed by atoms with E-state index in [9.17, 15) is 4.39 Å². The molecule has 1 aliphatic carbocycles. The van der Waals surface area contributed by atoms with Gasteiger partial charge in [0, 0.05) is 17.5 Å². The van der Waals surface area contributed by atoms with Crippen LogP contribution in [0.2, 0.25) is 0 Å². The lowest BCUT2D eigenvalue weighted by Gasteiger charge is -2.24. The van der Waals surface area contributed by atoms with Gasteiger partial charge in [-0.15, -0.1) is 0 Å². The molecule has 1 aliphatic heterocycles. The van der Waals surface area contributed by atoms with Gasteiger partial charge in [0.25, 0.3) is 0 Å². The molecule has 1 heterocycles. The molecule has 3 heteroatoms. The Balaban J connectivity index is 2.15.